The standard InChI is InChI=1S/C11H17BrN2O2/c1-15-8-11(16-2)7-14-5-9-3-10(12)6-13-4-9/h3-4,6,11,14H,5,7-8H2,1-2H3. The first kappa shape index (κ1) is 13.6. The van der Waals surface area contributed by atoms with Gasteiger partial charge in [-0.15, -0.1) is 0 Å². The van der Waals surface area contributed by atoms with Gasteiger partial charge in [0.25, 0.3) is 0 Å². The van der Waals surface area contributed by atoms with Crippen molar-refractivity contribution >= 4 is 15.9 Å². The van der Waals surface area contributed by atoms with Crippen molar-refractivity contribution in [3.63, 3.8) is 0 Å². The van der Waals surface area contributed by atoms with Crippen LogP contribution in [0.2, 0.25) is 0 Å². The van der Waals surface area contributed by atoms with E-state index in [2.05, 4.69) is 26.2 Å². The molecule has 1 aromatic rings. The summed E-state index contributed by atoms with van der Waals surface area (Å²) in [6, 6.07) is 2.04. The van der Waals surface area contributed by atoms with E-state index in [1.165, 1.54) is 0 Å². The first-order valence-corrected chi connectivity index (χ1v) is 5.87. The summed E-state index contributed by atoms with van der Waals surface area (Å²) in [5, 5.41) is 3.30. The molecule has 90 valence electrons. The average Bonchev–Trinajstić information content (AvgIpc) is 2.28. The van der Waals surface area contributed by atoms with Crippen molar-refractivity contribution in [2.24, 2.45) is 0 Å². The molecule has 0 aliphatic carbocycles. The van der Waals surface area contributed by atoms with Crippen LogP contribution in [0, 0.1) is 0 Å². The molecule has 0 saturated carbocycles. The Bertz CT molecular complexity index is 310. The summed E-state index contributed by atoms with van der Waals surface area (Å²) in [6.07, 6.45) is 3.70. The number of aromatic nitrogens is 1. The molecule has 0 bridgehead atoms. The predicted molar refractivity (Wildman–Crippen MR) is 66.3 cm³/mol. The van der Waals surface area contributed by atoms with Gasteiger partial charge in [-0.05, 0) is 27.6 Å². The number of nitrogens with one attached hydrogen (secondary N) is 1. The van der Waals surface area contributed by atoms with Crippen LogP contribution >= 0.6 is 15.9 Å². The molecule has 0 aliphatic heterocycles. The summed E-state index contributed by atoms with van der Waals surface area (Å²) in [7, 11) is 3.36. The van der Waals surface area contributed by atoms with Crippen molar-refractivity contribution in [3.8, 4) is 0 Å². The molecule has 0 saturated heterocycles. The zero-order chi connectivity index (χ0) is 11.8. The smallest absolute Gasteiger partial charge is 0.0928 e. The van der Waals surface area contributed by atoms with E-state index in [-0.39, 0.29) is 6.10 Å². The zero-order valence-corrected chi connectivity index (χ0v) is 11.2. The number of ether oxygens (including phenoxy) is 2. The highest BCUT2D eigenvalue weighted by Crippen LogP contribution is 2.09. The van der Waals surface area contributed by atoms with Crippen LogP contribution in [0.4, 0.5) is 0 Å². The van der Waals surface area contributed by atoms with Crippen molar-refractivity contribution in [2.75, 3.05) is 27.4 Å². The maximum atomic E-state index is 5.24. The number of nitrogens with zero attached hydrogens (tertiary/aromatic N) is 1. The van der Waals surface area contributed by atoms with Crippen LogP contribution in [0.1, 0.15) is 5.56 Å². The van der Waals surface area contributed by atoms with Crippen LogP contribution in [0.5, 0.6) is 0 Å². The second-order valence-electron chi connectivity index (χ2n) is 3.46. The fraction of sp³-hybridized carbons (Fsp3) is 0.545. The molecule has 1 atom stereocenters. The summed E-state index contributed by atoms with van der Waals surface area (Å²) >= 11 is 3.39. The second-order valence-corrected chi connectivity index (χ2v) is 4.37. The van der Waals surface area contributed by atoms with Crippen molar-refractivity contribution in [1.29, 1.82) is 0 Å². The van der Waals surface area contributed by atoms with Crippen LogP contribution in [0.3, 0.4) is 0 Å². The van der Waals surface area contributed by atoms with Gasteiger partial charge in [0.15, 0.2) is 0 Å². The fourth-order valence-corrected chi connectivity index (χ4v) is 1.74. The zero-order valence-electron chi connectivity index (χ0n) is 9.57. The summed E-state index contributed by atoms with van der Waals surface area (Å²) < 4.78 is 11.3. The molecular weight excluding hydrogens is 272 g/mol. The first-order chi connectivity index (χ1) is 7.76. The largest absolute Gasteiger partial charge is 0.382 e. The third-order valence-electron chi connectivity index (χ3n) is 2.15. The number of rotatable bonds is 7. The molecule has 0 radical (unpaired) electrons. The average molecular weight is 289 g/mol. The van der Waals surface area contributed by atoms with Crippen LogP contribution in [0.15, 0.2) is 22.9 Å². The van der Waals surface area contributed by atoms with Gasteiger partial charge in [0.2, 0.25) is 0 Å². The SMILES string of the molecule is COCC(CNCc1cncc(Br)c1)OC. The number of hydrogen-bond donors (Lipinski definition) is 1. The molecular formula is C11H17BrN2O2. The molecule has 1 aromatic heterocycles. The van der Waals surface area contributed by atoms with Crippen molar-refractivity contribution in [2.45, 2.75) is 12.6 Å². The molecule has 16 heavy (non-hydrogen) atoms. The van der Waals surface area contributed by atoms with Gasteiger partial charge >= 0.3 is 0 Å². The molecule has 0 spiro atoms. The normalized spacial score (nSPS) is 12.7. The number of pyridine rings is 1. The molecule has 0 aromatic carbocycles. The second kappa shape index (κ2) is 7.73. The molecule has 1 unspecified atom stereocenters. The highest BCUT2D eigenvalue weighted by atomic mass is 79.9. The monoisotopic (exact) mass is 288 g/mol. The predicted octanol–water partition coefficient (Wildman–Crippen LogP) is 1.60. The van der Waals surface area contributed by atoms with E-state index in [9.17, 15) is 0 Å². The van der Waals surface area contributed by atoms with E-state index in [1.807, 2.05) is 12.3 Å². The van der Waals surface area contributed by atoms with E-state index < -0.39 is 0 Å². The van der Waals surface area contributed by atoms with E-state index in [4.69, 9.17) is 9.47 Å². The molecule has 1 N–H and O–H groups in total. The Morgan fingerprint density at radius 1 is 1.44 bits per heavy atom. The molecule has 4 nitrogen and oxygen atoms in total. The van der Waals surface area contributed by atoms with Crippen LogP contribution in [-0.4, -0.2) is 38.5 Å². The summed E-state index contributed by atoms with van der Waals surface area (Å²) in [4.78, 5) is 4.10. The number of hydrogen-bond acceptors (Lipinski definition) is 4. The van der Waals surface area contributed by atoms with Gasteiger partial charge in [0.05, 0.1) is 12.7 Å². The van der Waals surface area contributed by atoms with Crippen molar-refractivity contribution < 1.29 is 9.47 Å². The first-order valence-electron chi connectivity index (χ1n) is 5.08. The van der Waals surface area contributed by atoms with Crippen LogP contribution in [0.25, 0.3) is 0 Å². The van der Waals surface area contributed by atoms with Gasteiger partial charge in [-0.1, -0.05) is 0 Å². The third-order valence-corrected chi connectivity index (χ3v) is 2.58. The third kappa shape index (κ3) is 5.03. The summed E-state index contributed by atoms with van der Waals surface area (Å²) in [5.41, 5.74) is 1.14. The maximum absolute atomic E-state index is 5.24. The molecule has 0 fully saturated rings. The minimum atomic E-state index is 0.0881. The summed E-state index contributed by atoms with van der Waals surface area (Å²) in [6.45, 7) is 2.13. The van der Waals surface area contributed by atoms with E-state index >= 15 is 0 Å². The van der Waals surface area contributed by atoms with Gasteiger partial charge in [-0.2, -0.15) is 0 Å². The number of methoxy groups -OCH3 is 2. The molecule has 0 amide bonds. The Labute approximate surface area is 104 Å². The minimum Gasteiger partial charge on any atom is -0.382 e. The van der Waals surface area contributed by atoms with Crippen LogP contribution in [-0.2, 0) is 16.0 Å². The molecule has 0 aliphatic rings. The number of halogens is 1. The van der Waals surface area contributed by atoms with Gasteiger partial charge < -0.3 is 14.8 Å². The van der Waals surface area contributed by atoms with Crippen LogP contribution < -0.4 is 5.32 Å². The Hall–Kier alpha value is -0.490. The van der Waals surface area contributed by atoms with E-state index in [0.29, 0.717) is 6.61 Å². The quantitative estimate of drug-likeness (QED) is 0.828. The van der Waals surface area contributed by atoms with Crippen molar-refractivity contribution in [3.05, 3.63) is 28.5 Å². The van der Waals surface area contributed by atoms with E-state index in [1.54, 1.807) is 20.4 Å². The van der Waals surface area contributed by atoms with Gasteiger partial charge in [-0.25, -0.2) is 0 Å². The lowest BCUT2D eigenvalue weighted by Crippen LogP contribution is -2.31. The highest BCUT2D eigenvalue weighted by molar-refractivity contribution is 9.10. The lowest BCUT2D eigenvalue weighted by Gasteiger charge is -2.14. The molecule has 5 heteroatoms. The molecule has 1 rings (SSSR count). The lowest BCUT2D eigenvalue weighted by molar-refractivity contribution is 0.0288. The van der Waals surface area contributed by atoms with Gasteiger partial charge in [0, 0.05) is 44.2 Å². The topological polar surface area (TPSA) is 43.4 Å². The highest BCUT2D eigenvalue weighted by Gasteiger charge is 2.05. The Balaban J connectivity index is 2.29. The Kier molecular flexibility index (Phi) is 6.56. The molecule has 1 heterocycles. The lowest BCUT2D eigenvalue weighted by atomic mass is 10.3. The van der Waals surface area contributed by atoms with Gasteiger partial charge in [-0.3, -0.25) is 4.98 Å². The fourth-order valence-electron chi connectivity index (χ4n) is 1.33. The Morgan fingerprint density at radius 2 is 2.25 bits per heavy atom. The maximum Gasteiger partial charge on any atom is 0.0928 e. The van der Waals surface area contributed by atoms with Gasteiger partial charge in [0.1, 0.15) is 0 Å². The minimum absolute atomic E-state index is 0.0881. The Morgan fingerprint density at radius 3 is 2.88 bits per heavy atom. The summed E-state index contributed by atoms with van der Waals surface area (Å²) in [5.74, 6) is 0. The van der Waals surface area contributed by atoms with E-state index in [0.717, 1.165) is 23.1 Å². The van der Waals surface area contributed by atoms with Crippen molar-refractivity contribution in [1.82, 2.24) is 10.3 Å².